The van der Waals surface area contributed by atoms with Gasteiger partial charge in [0.25, 0.3) is 5.91 Å². The standard InChI is InChI=1S/C35H30ClF4N3O3/c1-2-3-27(21-4-6-23(7-5-21)34(46)41-17-16-30(44)45)31(22-10-14-26(36)15-11-22)33-28-18-24(19-29(37)32(28)42-43-33)20-8-12-25(13-9-20)35(38,39)40/h4-15,18-19,27,31H,2-3,16-17H2,1H3,(H,41,46)(H,42,43)(H,44,45). The number of aliphatic carboxylic acids is 1. The molecule has 5 aromatic rings. The van der Waals surface area contributed by atoms with Crippen molar-refractivity contribution in [2.75, 3.05) is 6.54 Å². The Balaban J connectivity index is 1.58. The molecule has 0 saturated carbocycles. The third-order valence-electron chi connectivity index (χ3n) is 7.95. The first-order chi connectivity index (χ1) is 22.0. The number of H-pyrrole nitrogens is 1. The number of carbonyl (C=O) groups excluding carboxylic acids is 1. The highest BCUT2D eigenvalue weighted by atomic mass is 35.5. The predicted octanol–water partition coefficient (Wildman–Crippen LogP) is 8.96. The summed E-state index contributed by atoms with van der Waals surface area (Å²) in [5, 5.41) is 19.9. The molecule has 0 aliphatic rings. The van der Waals surface area contributed by atoms with Gasteiger partial charge in [-0.3, -0.25) is 14.7 Å². The van der Waals surface area contributed by atoms with E-state index >= 15 is 4.39 Å². The molecule has 0 aliphatic heterocycles. The first-order valence-corrected chi connectivity index (χ1v) is 15.0. The number of alkyl halides is 3. The van der Waals surface area contributed by atoms with Gasteiger partial charge in [-0.1, -0.05) is 61.3 Å². The number of fused-ring (bicyclic) bond motifs is 1. The Morgan fingerprint density at radius 2 is 1.59 bits per heavy atom. The molecule has 11 heteroatoms. The average molecular weight is 652 g/mol. The number of aromatic amines is 1. The number of amides is 1. The van der Waals surface area contributed by atoms with Crippen molar-refractivity contribution in [1.29, 1.82) is 0 Å². The lowest BCUT2D eigenvalue weighted by Crippen LogP contribution is -2.26. The molecule has 2 atom stereocenters. The second kappa shape index (κ2) is 13.7. The zero-order chi connectivity index (χ0) is 33.0. The zero-order valence-corrected chi connectivity index (χ0v) is 25.4. The third kappa shape index (κ3) is 7.23. The first-order valence-electron chi connectivity index (χ1n) is 14.7. The molecule has 0 spiro atoms. The molecule has 2 unspecified atom stereocenters. The Morgan fingerprint density at radius 3 is 2.20 bits per heavy atom. The molecule has 1 heterocycles. The maximum Gasteiger partial charge on any atom is 0.416 e. The van der Waals surface area contributed by atoms with E-state index in [1.54, 1.807) is 30.3 Å². The number of halogens is 5. The van der Waals surface area contributed by atoms with E-state index in [4.69, 9.17) is 16.7 Å². The number of nitrogens with one attached hydrogen (secondary N) is 2. The SMILES string of the molecule is CCCC(c1ccc(C(=O)NCCC(=O)O)cc1)C(c1ccc(Cl)cc1)c1[nH]nc2c(F)cc(-c3ccc(C(F)(F)F)cc3)cc12. The first kappa shape index (κ1) is 32.7. The van der Waals surface area contributed by atoms with Crippen LogP contribution in [0.2, 0.25) is 5.02 Å². The summed E-state index contributed by atoms with van der Waals surface area (Å²) in [4.78, 5) is 23.4. The van der Waals surface area contributed by atoms with Gasteiger partial charge in [0, 0.05) is 28.4 Å². The van der Waals surface area contributed by atoms with Crippen molar-refractivity contribution in [3.05, 3.63) is 124 Å². The fraction of sp³-hybridized carbons (Fsp3) is 0.229. The van der Waals surface area contributed by atoms with E-state index in [9.17, 15) is 22.8 Å². The number of carboxylic acid groups (broad SMARTS) is 1. The largest absolute Gasteiger partial charge is 0.481 e. The Hall–Kier alpha value is -4.70. The van der Waals surface area contributed by atoms with Crippen LogP contribution in [0.3, 0.4) is 0 Å². The van der Waals surface area contributed by atoms with Crippen LogP contribution in [0.4, 0.5) is 17.6 Å². The van der Waals surface area contributed by atoms with Crippen LogP contribution in [0.15, 0.2) is 84.9 Å². The monoisotopic (exact) mass is 651 g/mol. The van der Waals surface area contributed by atoms with Gasteiger partial charge < -0.3 is 10.4 Å². The molecular formula is C35H30ClF4N3O3. The van der Waals surface area contributed by atoms with Crippen molar-refractivity contribution in [2.45, 2.75) is 44.2 Å². The van der Waals surface area contributed by atoms with Crippen LogP contribution in [0.1, 0.15) is 70.8 Å². The van der Waals surface area contributed by atoms with Crippen molar-refractivity contribution in [3.8, 4) is 11.1 Å². The second-order valence-electron chi connectivity index (χ2n) is 11.0. The van der Waals surface area contributed by atoms with Crippen molar-refractivity contribution >= 4 is 34.4 Å². The molecule has 0 aliphatic carbocycles. The van der Waals surface area contributed by atoms with Gasteiger partial charge in [-0.25, -0.2) is 4.39 Å². The number of aromatic nitrogens is 2. The number of hydrogen-bond acceptors (Lipinski definition) is 3. The van der Waals surface area contributed by atoms with Crippen LogP contribution in [-0.2, 0) is 11.0 Å². The molecule has 0 radical (unpaired) electrons. The van der Waals surface area contributed by atoms with Gasteiger partial charge in [0.1, 0.15) is 5.52 Å². The molecule has 1 aromatic heterocycles. The summed E-state index contributed by atoms with van der Waals surface area (Å²) in [7, 11) is 0. The molecule has 0 fully saturated rings. The van der Waals surface area contributed by atoms with Gasteiger partial charge in [-0.05, 0) is 83.1 Å². The van der Waals surface area contributed by atoms with Gasteiger partial charge in [0.15, 0.2) is 5.82 Å². The minimum Gasteiger partial charge on any atom is -0.481 e. The van der Waals surface area contributed by atoms with Crippen molar-refractivity contribution in [3.63, 3.8) is 0 Å². The number of benzene rings is 4. The lowest BCUT2D eigenvalue weighted by atomic mass is 9.76. The average Bonchev–Trinajstić information content (AvgIpc) is 3.45. The summed E-state index contributed by atoms with van der Waals surface area (Å²) in [6.45, 7) is 2.05. The Kier molecular flexibility index (Phi) is 9.76. The minimum atomic E-state index is -4.49. The molecular weight excluding hydrogens is 622 g/mol. The summed E-state index contributed by atoms with van der Waals surface area (Å²) in [6.07, 6.45) is -3.18. The highest BCUT2D eigenvalue weighted by Crippen LogP contribution is 2.44. The van der Waals surface area contributed by atoms with E-state index in [1.165, 1.54) is 18.2 Å². The molecule has 0 saturated heterocycles. The maximum absolute atomic E-state index is 15.5. The minimum absolute atomic E-state index is 0.00490. The van der Waals surface area contributed by atoms with Crippen molar-refractivity contribution < 1.29 is 32.3 Å². The van der Waals surface area contributed by atoms with Crippen LogP contribution in [-0.4, -0.2) is 33.7 Å². The fourth-order valence-corrected chi connectivity index (χ4v) is 5.85. The fourth-order valence-electron chi connectivity index (χ4n) is 5.72. The highest BCUT2D eigenvalue weighted by molar-refractivity contribution is 6.30. The van der Waals surface area contributed by atoms with E-state index in [2.05, 4.69) is 15.5 Å². The van der Waals surface area contributed by atoms with E-state index in [1.807, 2.05) is 31.2 Å². The summed E-state index contributed by atoms with van der Waals surface area (Å²) in [5.74, 6) is -2.56. The molecule has 3 N–H and O–H groups in total. The smallest absolute Gasteiger partial charge is 0.416 e. The normalized spacial score (nSPS) is 13.0. The Labute approximate surface area is 267 Å². The van der Waals surface area contributed by atoms with Crippen molar-refractivity contribution in [1.82, 2.24) is 15.5 Å². The number of rotatable bonds is 11. The molecule has 238 valence electrons. The van der Waals surface area contributed by atoms with Gasteiger partial charge in [-0.15, -0.1) is 0 Å². The number of nitrogens with zero attached hydrogens (tertiary/aromatic N) is 1. The Bertz CT molecular complexity index is 1840. The second-order valence-corrected chi connectivity index (χ2v) is 11.4. The van der Waals surface area contributed by atoms with E-state index < -0.39 is 23.5 Å². The molecule has 46 heavy (non-hydrogen) atoms. The Morgan fingerprint density at radius 1 is 0.935 bits per heavy atom. The van der Waals surface area contributed by atoms with Gasteiger partial charge in [0.05, 0.1) is 17.7 Å². The third-order valence-corrected chi connectivity index (χ3v) is 8.21. The molecule has 6 nitrogen and oxygen atoms in total. The van der Waals surface area contributed by atoms with E-state index in [0.29, 0.717) is 39.2 Å². The number of carbonyl (C=O) groups is 2. The lowest BCUT2D eigenvalue weighted by molar-refractivity contribution is -0.138. The van der Waals surface area contributed by atoms with Crippen molar-refractivity contribution in [2.24, 2.45) is 0 Å². The van der Waals surface area contributed by atoms with Crippen LogP contribution in [0.5, 0.6) is 0 Å². The van der Waals surface area contributed by atoms with Gasteiger partial charge in [0.2, 0.25) is 0 Å². The van der Waals surface area contributed by atoms with E-state index in [-0.39, 0.29) is 36.2 Å². The van der Waals surface area contributed by atoms with Gasteiger partial charge >= 0.3 is 12.1 Å². The number of carboxylic acids is 1. The summed E-state index contributed by atoms with van der Waals surface area (Å²) in [6, 6.07) is 21.9. The van der Waals surface area contributed by atoms with Gasteiger partial charge in [-0.2, -0.15) is 18.3 Å². The molecule has 1 amide bonds. The van der Waals surface area contributed by atoms with E-state index in [0.717, 1.165) is 29.7 Å². The lowest BCUT2D eigenvalue weighted by Gasteiger charge is -2.28. The summed E-state index contributed by atoms with van der Waals surface area (Å²) in [5.41, 5.74) is 2.92. The zero-order valence-electron chi connectivity index (χ0n) is 24.7. The van der Waals surface area contributed by atoms with Crippen LogP contribution in [0.25, 0.3) is 22.0 Å². The summed E-state index contributed by atoms with van der Waals surface area (Å²) < 4.78 is 55.0. The summed E-state index contributed by atoms with van der Waals surface area (Å²) >= 11 is 6.23. The van der Waals surface area contributed by atoms with Crippen LogP contribution in [0, 0.1) is 5.82 Å². The number of hydrogen-bond donors (Lipinski definition) is 3. The van der Waals surface area contributed by atoms with Crippen LogP contribution >= 0.6 is 11.6 Å². The molecule has 4 aromatic carbocycles. The topological polar surface area (TPSA) is 95.1 Å². The molecule has 5 rings (SSSR count). The maximum atomic E-state index is 15.5. The molecule has 0 bridgehead atoms. The van der Waals surface area contributed by atoms with Crippen LogP contribution < -0.4 is 5.32 Å². The highest BCUT2D eigenvalue weighted by Gasteiger charge is 2.31. The quantitative estimate of drug-likeness (QED) is 0.124. The predicted molar refractivity (Wildman–Crippen MR) is 168 cm³/mol.